The summed E-state index contributed by atoms with van der Waals surface area (Å²) in [5.41, 5.74) is 2.43. The lowest BCUT2D eigenvalue weighted by molar-refractivity contribution is 0.0907. The fourth-order valence-electron chi connectivity index (χ4n) is 3.63. The van der Waals surface area contributed by atoms with E-state index in [1.165, 1.54) is 35.9 Å². The van der Waals surface area contributed by atoms with Gasteiger partial charge in [0.1, 0.15) is 17.3 Å². The fraction of sp³-hybridized carbons (Fsp3) is 0.227. The third-order valence-electron chi connectivity index (χ3n) is 5.02. The Hall–Kier alpha value is -2.93. The van der Waals surface area contributed by atoms with Crippen LogP contribution in [0.3, 0.4) is 0 Å². The van der Waals surface area contributed by atoms with E-state index in [0.29, 0.717) is 0 Å². The van der Waals surface area contributed by atoms with E-state index in [-0.39, 0.29) is 29.0 Å². The zero-order valence-corrected chi connectivity index (χ0v) is 16.4. The molecule has 1 heterocycles. The standard InChI is InChI=1S/C22H20FNO4S/c23-19-8-4-2-6-16(19)13-29(26,27)14-17-10-12-21(28-17)22(25)24-20-11-9-15-5-1-3-7-18(15)20/h1-8,10,12,20H,9,11,13-14H2,(H,24,25)/t20-/m0/s1. The van der Waals surface area contributed by atoms with Crippen molar-refractivity contribution in [1.29, 1.82) is 0 Å². The third-order valence-corrected chi connectivity index (χ3v) is 6.49. The molecule has 0 bridgehead atoms. The SMILES string of the molecule is O=C(N[C@H]1CCc2ccccc21)c1ccc(CS(=O)(=O)Cc2ccccc2F)o1. The van der Waals surface area contributed by atoms with E-state index in [9.17, 15) is 17.6 Å². The number of nitrogens with one attached hydrogen (secondary N) is 1. The van der Waals surface area contributed by atoms with Gasteiger partial charge in [-0.05, 0) is 42.2 Å². The highest BCUT2D eigenvalue weighted by atomic mass is 32.2. The molecule has 7 heteroatoms. The molecule has 0 fully saturated rings. The smallest absolute Gasteiger partial charge is 0.287 e. The van der Waals surface area contributed by atoms with Crippen LogP contribution in [0.25, 0.3) is 0 Å². The van der Waals surface area contributed by atoms with Gasteiger partial charge in [-0.3, -0.25) is 4.79 Å². The van der Waals surface area contributed by atoms with Crippen molar-refractivity contribution in [3.05, 3.63) is 94.7 Å². The van der Waals surface area contributed by atoms with Crippen molar-refractivity contribution in [1.82, 2.24) is 5.32 Å². The van der Waals surface area contributed by atoms with Gasteiger partial charge >= 0.3 is 0 Å². The van der Waals surface area contributed by atoms with Crippen molar-refractivity contribution in [2.45, 2.75) is 30.4 Å². The van der Waals surface area contributed by atoms with Gasteiger partial charge in [-0.25, -0.2) is 12.8 Å². The van der Waals surface area contributed by atoms with Gasteiger partial charge in [-0.1, -0.05) is 42.5 Å². The van der Waals surface area contributed by atoms with Crippen molar-refractivity contribution >= 4 is 15.7 Å². The van der Waals surface area contributed by atoms with Crippen LogP contribution in [0.1, 0.15) is 45.5 Å². The molecule has 1 N–H and O–H groups in total. The summed E-state index contributed by atoms with van der Waals surface area (Å²) in [4.78, 5) is 12.5. The monoisotopic (exact) mass is 413 g/mol. The Kier molecular flexibility index (Phi) is 5.24. The molecule has 0 saturated carbocycles. The zero-order valence-electron chi connectivity index (χ0n) is 15.6. The second kappa shape index (κ2) is 7.83. The van der Waals surface area contributed by atoms with Crippen molar-refractivity contribution in [3.8, 4) is 0 Å². The Morgan fingerprint density at radius 2 is 1.79 bits per heavy atom. The highest BCUT2D eigenvalue weighted by Crippen LogP contribution is 2.31. The van der Waals surface area contributed by atoms with Crippen LogP contribution in [0.15, 0.2) is 65.1 Å². The predicted octanol–water partition coefficient (Wildman–Crippen LogP) is 3.95. The van der Waals surface area contributed by atoms with E-state index in [2.05, 4.69) is 5.32 Å². The molecule has 4 rings (SSSR count). The summed E-state index contributed by atoms with van der Waals surface area (Å²) in [6.07, 6.45) is 1.72. The van der Waals surface area contributed by atoms with Crippen LogP contribution in [0.2, 0.25) is 0 Å². The molecule has 150 valence electrons. The van der Waals surface area contributed by atoms with Gasteiger partial charge in [0.05, 0.1) is 11.8 Å². The van der Waals surface area contributed by atoms with Crippen LogP contribution >= 0.6 is 0 Å². The minimum atomic E-state index is -3.65. The second-order valence-electron chi connectivity index (χ2n) is 7.15. The Morgan fingerprint density at radius 3 is 2.62 bits per heavy atom. The largest absolute Gasteiger partial charge is 0.455 e. The molecular formula is C22H20FNO4S. The van der Waals surface area contributed by atoms with E-state index in [4.69, 9.17) is 4.42 Å². The van der Waals surface area contributed by atoms with E-state index in [1.807, 2.05) is 24.3 Å². The predicted molar refractivity (Wildman–Crippen MR) is 106 cm³/mol. The molecule has 0 aliphatic heterocycles. The minimum Gasteiger partial charge on any atom is -0.455 e. The molecule has 0 radical (unpaired) electrons. The molecule has 3 aromatic rings. The van der Waals surface area contributed by atoms with Crippen molar-refractivity contribution < 1.29 is 22.0 Å². The minimum absolute atomic E-state index is 0.0606. The average Bonchev–Trinajstić information content (AvgIpc) is 3.31. The first kappa shape index (κ1) is 19.4. The first-order chi connectivity index (χ1) is 13.9. The first-order valence-electron chi connectivity index (χ1n) is 9.32. The molecule has 0 saturated heterocycles. The van der Waals surface area contributed by atoms with Gasteiger partial charge in [0.2, 0.25) is 0 Å². The summed E-state index contributed by atoms with van der Waals surface area (Å²) in [7, 11) is -3.65. The van der Waals surface area contributed by atoms with Gasteiger partial charge in [0, 0.05) is 5.56 Å². The summed E-state index contributed by atoms with van der Waals surface area (Å²) in [6, 6.07) is 16.6. The van der Waals surface area contributed by atoms with Crippen LogP contribution in [-0.2, 0) is 27.8 Å². The normalized spacial score (nSPS) is 15.8. The molecule has 5 nitrogen and oxygen atoms in total. The third kappa shape index (κ3) is 4.40. The Bertz CT molecular complexity index is 1150. The van der Waals surface area contributed by atoms with Crippen LogP contribution in [0.4, 0.5) is 4.39 Å². The first-order valence-corrected chi connectivity index (χ1v) is 11.1. The molecule has 1 aliphatic rings. The van der Waals surface area contributed by atoms with Crippen LogP contribution in [0, 0.1) is 5.82 Å². The summed E-state index contributed by atoms with van der Waals surface area (Å²) in [5.74, 6) is -1.57. The Morgan fingerprint density at radius 1 is 1.03 bits per heavy atom. The number of hydrogen-bond donors (Lipinski definition) is 1. The number of carbonyl (C=O) groups excluding carboxylic acids is 1. The van der Waals surface area contributed by atoms with Gasteiger partial charge in [-0.2, -0.15) is 0 Å². The number of amides is 1. The Labute approximate surface area is 168 Å². The average molecular weight is 413 g/mol. The number of carbonyl (C=O) groups is 1. The quantitative estimate of drug-likeness (QED) is 0.664. The molecule has 1 atom stereocenters. The van der Waals surface area contributed by atoms with Crippen molar-refractivity contribution in [3.63, 3.8) is 0 Å². The lowest BCUT2D eigenvalue weighted by atomic mass is 10.1. The number of benzene rings is 2. The Balaban J connectivity index is 1.42. The second-order valence-corrected chi connectivity index (χ2v) is 9.22. The molecule has 0 unspecified atom stereocenters. The van der Waals surface area contributed by atoms with Gasteiger partial charge in [0.25, 0.3) is 5.91 Å². The molecule has 1 aliphatic carbocycles. The fourth-order valence-corrected chi connectivity index (χ4v) is 5.03. The van der Waals surface area contributed by atoms with Gasteiger partial charge in [0.15, 0.2) is 15.6 Å². The lowest BCUT2D eigenvalue weighted by Gasteiger charge is -2.12. The number of fused-ring (bicyclic) bond motifs is 1. The van der Waals surface area contributed by atoms with E-state index in [1.54, 1.807) is 6.07 Å². The van der Waals surface area contributed by atoms with Crippen LogP contribution in [-0.4, -0.2) is 14.3 Å². The number of hydrogen-bond acceptors (Lipinski definition) is 4. The highest BCUT2D eigenvalue weighted by Gasteiger charge is 2.25. The zero-order chi connectivity index (χ0) is 20.4. The topological polar surface area (TPSA) is 76.4 Å². The van der Waals surface area contributed by atoms with Crippen molar-refractivity contribution in [2.75, 3.05) is 0 Å². The molecule has 1 amide bonds. The molecule has 1 aromatic heterocycles. The van der Waals surface area contributed by atoms with E-state index in [0.717, 1.165) is 18.4 Å². The molecule has 2 aromatic carbocycles. The summed E-state index contributed by atoms with van der Waals surface area (Å²) in [6.45, 7) is 0. The highest BCUT2D eigenvalue weighted by molar-refractivity contribution is 7.89. The maximum atomic E-state index is 13.7. The molecule has 0 spiro atoms. The molecule has 29 heavy (non-hydrogen) atoms. The number of aryl methyl sites for hydroxylation is 1. The van der Waals surface area contributed by atoms with Crippen LogP contribution < -0.4 is 5.32 Å². The summed E-state index contributed by atoms with van der Waals surface area (Å²) >= 11 is 0. The number of furan rings is 1. The number of rotatable bonds is 6. The maximum absolute atomic E-state index is 13.7. The summed E-state index contributed by atoms with van der Waals surface area (Å²) < 4.78 is 44.0. The van der Waals surface area contributed by atoms with Gasteiger partial charge < -0.3 is 9.73 Å². The van der Waals surface area contributed by atoms with Crippen LogP contribution in [0.5, 0.6) is 0 Å². The van der Waals surface area contributed by atoms with E-state index >= 15 is 0 Å². The summed E-state index contributed by atoms with van der Waals surface area (Å²) in [5, 5.41) is 2.94. The number of sulfone groups is 1. The van der Waals surface area contributed by atoms with Crippen molar-refractivity contribution in [2.24, 2.45) is 0 Å². The van der Waals surface area contributed by atoms with Gasteiger partial charge in [-0.15, -0.1) is 0 Å². The number of halogens is 1. The van der Waals surface area contributed by atoms with E-state index < -0.39 is 27.2 Å². The maximum Gasteiger partial charge on any atom is 0.287 e. The lowest BCUT2D eigenvalue weighted by Crippen LogP contribution is -2.26. The molecular weight excluding hydrogens is 393 g/mol.